The molecule has 0 spiro atoms. The van der Waals surface area contributed by atoms with Crippen LogP contribution in [0.1, 0.15) is 19.3 Å². The van der Waals surface area contributed by atoms with Gasteiger partial charge in [0.05, 0.1) is 0 Å². The van der Waals surface area contributed by atoms with E-state index in [-0.39, 0.29) is 0 Å². The molecule has 1 aliphatic carbocycles. The molecule has 1 heterocycles. The first-order chi connectivity index (χ1) is 5.90. The Morgan fingerprint density at radius 3 is 3.17 bits per heavy atom. The van der Waals surface area contributed by atoms with Crippen LogP contribution in [0, 0.1) is 0 Å². The summed E-state index contributed by atoms with van der Waals surface area (Å²) in [5.41, 5.74) is 5.58. The molecule has 2 atom stereocenters. The normalized spacial score (nSPS) is 36.8. The van der Waals surface area contributed by atoms with Crippen molar-refractivity contribution < 1.29 is 0 Å². The van der Waals surface area contributed by atoms with E-state index < -0.39 is 0 Å². The van der Waals surface area contributed by atoms with E-state index in [2.05, 4.69) is 10.2 Å². The summed E-state index contributed by atoms with van der Waals surface area (Å²) in [6.45, 7) is 4.24. The Kier molecular flexibility index (Phi) is 2.63. The third-order valence-corrected chi connectivity index (χ3v) is 3.17. The van der Waals surface area contributed by atoms with Gasteiger partial charge in [0, 0.05) is 38.3 Å². The van der Waals surface area contributed by atoms with Gasteiger partial charge < -0.3 is 11.1 Å². The first kappa shape index (κ1) is 8.48. The Hall–Kier alpha value is -0.120. The molecule has 70 valence electrons. The van der Waals surface area contributed by atoms with E-state index in [0.29, 0.717) is 0 Å². The topological polar surface area (TPSA) is 41.3 Å². The fourth-order valence-electron chi connectivity index (χ4n) is 2.53. The standard InChI is InChI=1S/C9H19N3/c10-3-5-12-6-4-11-8-1-2-9(12)7-8/h8-9,11H,1-7,10H2. The molecule has 0 aromatic carbocycles. The van der Waals surface area contributed by atoms with Crippen LogP contribution in [0.5, 0.6) is 0 Å². The number of nitrogens with zero attached hydrogens (tertiary/aromatic N) is 1. The molecule has 3 heteroatoms. The minimum Gasteiger partial charge on any atom is -0.329 e. The number of hydrogen-bond donors (Lipinski definition) is 2. The molecule has 3 N–H and O–H groups in total. The predicted molar refractivity (Wildman–Crippen MR) is 50.1 cm³/mol. The molecule has 0 aromatic rings. The summed E-state index contributed by atoms with van der Waals surface area (Å²) >= 11 is 0. The third-order valence-electron chi connectivity index (χ3n) is 3.17. The highest BCUT2D eigenvalue weighted by Gasteiger charge is 2.30. The predicted octanol–water partition coefficient (Wildman–Crippen LogP) is -0.229. The lowest BCUT2D eigenvalue weighted by Gasteiger charge is -2.26. The molecule has 3 nitrogen and oxygen atoms in total. The van der Waals surface area contributed by atoms with Gasteiger partial charge in [-0.1, -0.05) is 0 Å². The van der Waals surface area contributed by atoms with Gasteiger partial charge in [-0.05, 0) is 19.3 Å². The fraction of sp³-hybridized carbons (Fsp3) is 1.00. The maximum absolute atomic E-state index is 5.58. The lowest BCUT2D eigenvalue weighted by atomic mass is 10.2. The molecular weight excluding hydrogens is 150 g/mol. The first-order valence-electron chi connectivity index (χ1n) is 5.07. The van der Waals surface area contributed by atoms with Gasteiger partial charge >= 0.3 is 0 Å². The Bertz CT molecular complexity index is 149. The molecule has 0 radical (unpaired) electrons. The van der Waals surface area contributed by atoms with Crippen molar-refractivity contribution in [1.82, 2.24) is 10.2 Å². The van der Waals surface area contributed by atoms with Crippen LogP contribution < -0.4 is 11.1 Å². The number of rotatable bonds is 2. The minimum atomic E-state index is 0.803. The molecule has 0 amide bonds. The van der Waals surface area contributed by atoms with Crippen LogP contribution in [-0.4, -0.2) is 43.2 Å². The van der Waals surface area contributed by atoms with Crippen LogP contribution in [0.25, 0.3) is 0 Å². The van der Waals surface area contributed by atoms with E-state index in [0.717, 1.165) is 31.7 Å². The average Bonchev–Trinajstić information content (AvgIpc) is 2.41. The van der Waals surface area contributed by atoms with Crippen molar-refractivity contribution in [2.75, 3.05) is 26.2 Å². The number of fused-ring (bicyclic) bond motifs is 2. The fourth-order valence-corrected chi connectivity index (χ4v) is 2.53. The molecule has 2 bridgehead atoms. The SMILES string of the molecule is NCCN1CCNC2CCC1C2. The molecular formula is C9H19N3. The molecule has 0 aromatic heterocycles. The number of nitrogens with one attached hydrogen (secondary N) is 1. The zero-order valence-electron chi connectivity index (χ0n) is 7.63. The zero-order valence-corrected chi connectivity index (χ0v) is 7.63. The number of hydrogen-bond acceptors (Lipinski definition) is 3. The van der Waals surface area contributed by atoms with Gasteiger partial charge in [0.25, 0.3) is 0 Å². The van der Waals surface area contributed by atoms with E-state index in [1.54, 1.807) is 0 Å². The highest BCUT2D eigenvalue weighted by atomic mass is 15.2. The van der Waals surface area contributed by atoms with Crippen LogP contribution in [-0.2, 0) is 0 Å². The van der Waals surface area contributed by atoms with Crippen molar-refractivity contribution >= 4 is 0 Å². The second kappa shape index (κ2) is 3.73. The molecule has 2 unspecified atom stereocenters. The quantitative estimate of drug-likeness (QED) is 0.600. The zero-order chi connectivity index (χ0) is 8.39. The molecule has 2 aliphatic rings. The molecule has 1 aliphatic heterocycles. The molecule has 2 rings (SSSR count). The number of nitrogens with two attached hydrogens (primary N) is 1. The highest BCUT2D eigenvalue weighted by Crippen LogP contribution is 2.25. The second-order valence-corrected chi connectivity index (χ2v) is 3.94. The molecule has 2 fully saturated rings. The summed E-state index contributed by atoms with van der Waals surface area (Å²) < 4.78 is 0. The Morgan fingerprint density at radius 1 is 1.42 bits per heavy atom. The van der Waals surface area contributed by atoms with E-state index in [1.807, 2.05) is 0 Å². The average molecular weight is 169 g/mol. The van der Waals surface area contributed by atoms with Crippen molar-refractivity contribution in [2.45, 2.75) is 31.3 Å². The van der Waals surface area contributed by atoms with Crippen LogP contribution in [0.3, 0.4) is 0 Å². The Morgan fingerprint density at radius 2 is 2.33 bits per heavy atom. The van der Waals surface area contributed by atoms with Gasteiger partial charge in [0.15, 0.2) is 0 Å². The van der Waals surface area contributed by atoms with E-state index in [1.165, 1.54) is 25.8 Å². The van der Waals surface area contributed by atoms with E-state index in [4.69, 9.17) is 5.73 Å². The lowest BCUT2D eigenvalue weighted by Crippen LogP contribution is -2.39. The smallest absolute Gasteiger partial charge is 0.0112 e. The van der Waals surface area contributed by atoms with Gasteiger partial charge in [-0.15, -0.1) is 0 Å². The van der Waals surface area contributed by atoms with Crippen molar-refractivity contribution in [3.63, 3.8) is 0 Å². The largest absolute Gasteiger partial charge is 0.329 e. The van der Waals surface area contributed by atoms with Crippen LogP contribution in [0.4, 0.5) is 0 Å². The summed E-state index contributed by atoms with van der Waals surface area (Å²) in [5.74, 6) is 0. The van der Waals surface area contributed by atoms with Crippen molar-refractivity contribution in [1.29, 1.82) is 0 Å². The van der Waals surface area contributed by atoms with Gasteiger partial charge in [-0.3, -0.25) is 4.90 Å². The Labute approximate surface area is 74.3 Å². The van der Waals surface area contributed by atoms with Crippen molar-refractivity contribution in [2.24, 2.45) is 5.73 Å². The van der Waals surface area contributed by atoms with Gasteiger partial charge in [-0.2, -0.15) is 0 Å². The Balaban J connectivity index is 1.94. The third kappa shape index (κ3) is 1.63. The van der Waals surface area contributed by atoms with E-state index in [9.17, 15) is 0 Å². The van der Waals surface area contributed by atoms with Crippen LogP contribution in [0.2, 0.25) is 0 Å². The monoisotopic (exact) mass is 169 g/mol. The van der Waals surface area contributed by atoms with Crippen molar-refractivity contribution in [3.05, 3.63) is 0 Å². The molecule has 1 saturated carbocycles. The molecule has 1 saturated heterocycles. The van der Waals surface area contributed by atoms with Crippen LogP contribution >= 0.6 is 0 Å². The summed E-state index contributed by atoms with van der Waals surface area (Å²) in [4.78, 5) is 2.56. The summed E-state index contributed by atoms with van der Waals surface area (Å²) in [5, 5.41) is 3.58. The lowest BCUT2D eigenvalue weighted by molar-refractivity contribution is 0.215. The molecule has 12 heavy (non-hydrogen) atoms. The summed E-state index contributed by atoms with van der Waals surface area (Å²) in [7, 11) is 0. The maximum atomic E-state index is 5.58. The maximum Gasteiger partial charge on any atom is 0.0112 e. The van der Waals surface area contributed by atoms with Gasteiger partial charge in [0.1, 0.15) is 0 Å². The first-order valence-corrected chi connectivity index (χ1v) is 5.07. The van der Waals surface area contributed by atoms with Crippen molar-refractivity contribution in [3.8, 4) is 0 Å². The summed E-state index contributed by atoms with van der Waals surface area (Å²) in [6.07, 6.45) is 4.09. The summed E-state index contributed by atoms with van der Waals surface area (Å²) in [6, 6.07) is 1.63. The van der Waals surface area contributed by atoms with E-state index >= 15 is 0 Å². The minimum absolute atomic E-state index is 0.803. The van der Waals surface area contributed by atoms with Crippen LogP contribution in [0.15, 0.2) is 0 Å². The van der Waals surface area contributed by atoms with Gasteiger partial charge in [0.2, 0.25) is 0 Å². The second-order valence-electron chi connectivity index (χ2n) is 3.94. The van der Waals surface area contributed by atoms with Gasteiger partial charge in [-0.25, -0.2) is 0 Å². The highest BCUT2D eigenvalue weighted by molar-refractivity contribution is 4.90.